The highest BCUT2D eigenvalue weighted by atomic mass is 79.9. The van der Waals surface area contributed by atoms with E-state index in [0.29, 0.717) is 5.75 Å². The Hall–Kier alpha value is -0.580. The van der Waals surface area contributed by atoms with Gasteiger partial charge in [-0.1, -0.05) is 22.0 Å². The molecule has 0 bridgehead atoms. The summed E-state index contributed by atoms with van der Waals surface area (Å²) in [7, 11) is 1.72. The van der Waals surface area contributed by atoms with E-state index in [0.717, 1.165) is 29.5 Å². The fourth-order valence-corrected chi connectivity index (χ4v) is 2.13. The van der Waals surface area contributed by atoms with Gasteiger partial charge >= 0.3 is 0 Å². The van der Waals surface area contributed by atoms with Gasteiger partial charge in [0.25, 0.3) is 0 Å². The highest BCUT2D eigenvalue weighted by Crippen LogP contribution is 2.28. The van der Waals surface area contributed by atoms with E-state index in [-0.39, 0.29) is 5.60 Å². The number of methoxy groups -OCH3 is 1. The van der Waals surface area contributed by atoms with Crippen molar-refractivity contribution in [1.82, 2.24) is 5.32 Å². The van der Waals surface area contributed by atoms with Crippen LogP contribution < -0.4 is 5.32 Å². The number of ether oxygens (including phenoxy) is 1. The summed E-state index contributed by atoms with van der Waals surface area (Å²) >= 11 is 3.32. The number of aromatic hydroxyl groups is 1. The third-order valence-corrected chi connectivity index (χ3v) is 3.38. The Morgan fingerprint density at radius 2 is 2.27 bits per heavy atom. The third kappa shape index (κ3) is 2.17. The minimum Gasteiger partial charge on any atom is -0.508 e. The Kier molecular flexibility index (Phi) is 3.00. The van der Waals surface area contributed by atoms with Crippen molar-refractivity contribution < 1.29 is 9.84 Å². The largest absolute Gasteiger partial charge is 0.508 e. The predicted octanol–water partition coefficient (Wildman–Crippen LogP) is 1.69. The minimum atomic E-state index is -0.134. The maximum Gasteiger partial charge on any atom is 0.120 e. The summed E-state index contributed by atoms with van der Waals surface area (Å²) in [5.41, 5.74) is 0.798. The molecule has 2 N–H and O–H groups in total. The van der Waals surface area contributed by atoms with E-state index in [2.05, 4.69) is 21.2 Å². The van der Waals surface area contributed by atoms with E-state index >= 15 is 0 Å². The molecule has 1 aromatic carbocycles. The molecule has 3 nitrogen and oxygen atoms in total. The zero-order valence-electron chi connectivity index (χ0n) is 8.59. The summed E-state index contributed by atoms with van der Waals surface area (Å²) in [4.78, 5) is 0. The molecule has 4 heteroatoms. The maximum atomic E-state index is 9.76. The van der Waals surface area contributed by atoms with Gasteiger partial charge in [-0.05, 0) is 17.7 Å². The van der Waals surface area contributed by atoms with Crippen LogP contribution in [0.5, 0.6) is 5.75 Å². The first kappa shape index (κ1) is 10.9. The van der Waals surface area contributed by atoms with E-state index in [4.69, 9.17) is 4.74 Å². The molecule has 1 aromatic rings. The number of nitrogens with one attached hydrogen (secondary N) is 1. The van der Waals surface area contributed by atoms with Crippen LogP contribution in [0.4, 0.5) is 0 Å². The molecule has 0 amide bonds. The SMILES string of the molecule is COC1(Cc2ccc(Br)cc2O)CNC1. The van der Waals surface area contributed by atoms with Crippen LogP contribution in [-0.2, 0) is 11.2 Å². The van der Waals surface area contributed by atoms with Gasteiger partial charge in [-0.25, -0.2) is 0 Å². The smallest absolute Gasteiger partial charge is 0.120 e. The van der Waals surface area contributed by atoms with Crippen molar-refractivity contribution in [2.24, 2.45) is 0 Å². The second-order valence-electron chi connectivity index (χ2n) is 3.94. The van der Waals surface area contributed by atoms with Crippen LogP contribution in [0.15, 0.2) is 22.7 Å². The van der Waals surface area contributed by atoms with Gasteiger partial charge in [0, 0.05) is 31.1 Å². The van der Waals surface area contributed by atoms with E-state index in [9.17, 15) is 5.11 Å². The lowest BCUT2D eigenvalue weighted by molar-refractivity contribution is -0.0505. The highest BCUT2D eigenvalue weighted by Gasteiger charge is 2.37. The van der Waals surface area contributed by atoms with Crippen molar-refractivity contribution in [3.63, 3.8) is 0 Å². The van der Waals surface area contributed by atoms with Gasteiger partial charge in [-0.2, -0.15) is 0 Å². The zero-order valence-corrected chi connectivity index (χ0v) is 10.2. The van der Waals surface area contributed by atoms with Gasteiger partial charge in [0.15, 0.2) is 0 Å². The third-order valence-electron chi connectivity index (χ3n) is 2.89. The number of benzene rings is 1. The van der Waals surface area contributed by atoms with Crippen LogP contribution in [0.1, 0.15) is 5.56 Å². The molecule has 1 fully saturated rings. The molecule has 0 atom stereocenters. The lowest BCUT2D eigenvalue weighted by atomic mass is 9.88. The van der Waals surface area contributed by atoms with Crippen LogP contribution >= 0.6 is 15.9 Å². The van der Waals surface area contributed by atoms with Crippen molar-refractivity contribution in [1.29, 1.82) is 0 Å². The van der Waals surface area contributed by atoms with Crippen LogP contribution in [-0.4, -0.2) is 30.9 Å². The topological polar surface area (TPSA) is 41.5 Å². The number of halogens is 1. The van der Waals surface area contributed by atoms with Crippen LogP contribution in [0, 0.1) is 0 Å². The summed E-state index contributed by atoms with van der Waals surface area (Å²) in [6.07, 6.45) is 0.746. The molecule has 2 rings (SSSR count). The predicted molar refractivity (Wildman–Crippen MR) is 62.1 cm³/mol. The molecule has 0 aliphatic carbocycles. The Morgan fingerprint density at radius 1 is 1.53 bits per heavy atom. The summed E-state index contributed by atoms with van der Waals surface area (Å²) in [5.74, 6) is 0.327. The molecule has 1 heterocycles. The number of hydrogen-bond acceptors (Lipinski definition) is 3. The Balaban J connectivity index is 2.16. The van der Waals surface area contributed by atoms with E-state index in [1.807, 2.05) is 12.1 Å². The van der Waals surface area contributed by atoms with Gasteiger partial charge in [0.1, 0.15) is 5.75 Å². The summed E-state index contributed by atoms with van der Waals surface area (Å²) in [6.45, 7) is 1.69. The second kappa shape index (κ2) is 4.12. The normalized spacial score (nSPS) is 18.5. The summed E-state index contributed by atoms with van der Waals surface area (Å²) in [6, 6.07) is 5.58. The molecule has 0 radical (unpaired) electrons. The lowest BCUT2D eigenvalue weighted by Crippen LogP contribution is -2.61. The van der Waals surface area contributed by atoms with Crippen molar-refractivity contribution in [2.45, 2.75) is 12.0 Å². The molecule has 82 valence electrons. The van der Waals surface area contributed by atoms with E-state index < -0.39 is 0 Å². The lowest BCUT2D eigenvalue weighted by Gasteiger charge is -2.41. The van der Waals surface area contributed by atoms with Crippen LogP contribution in [0.25, 0.3) is 0 Å². The molecule has 1 aliphatic rings. The highest BCUT2D eigenvalue weighted by molar-refractivity contribution is 9.10. The standard InChI is InChI=1S/C11H14BrNO2/c1-15-11(6-13-7-11)5-8-2-3-9(12)4-10(8)14/h2-4,13-14H,5-7H2,1H3. The Labute approximate surface area is 97.6 Å². The van der Waals surface area contributed by atoms with Crippen molar-refractivity contribution in [3.8, 4) is 5.75 Å². The first-order valence-corrected chi connectivity index (χ1v) is 5.68. The number of rotatable bonds is 3. The fourth-order valence-electron chi connectivity index (χ4n) is 1.78. The Morgan fingerprint density at radius 3 is 2.73 bits per heavy atom. The minimum absolute atomic E-state index is 0.134. The van der Waals surface area contributed by atoms with Gasteiger partial charge < -0.3 is 15.2 Å². The quantitative estimate of drug-likeness (QED) is 0.879. The first-order valence-electron chi connectivity index (χ1n) is 4.88. The molecule has 1 aliphatic heterocycles. The summed E-state index contributed by atoms with van der Waals surface area (Å²) in [5, 5.41) is 13.0. The average molecular weight is 272 g/mol. The Bertz CT molecular complexity index is 358. The molecular formula is C11H14BrNO2. The first-order chi connectivity index (χ1) is 7.15. The van der Waals surface area contributed by atoms with Gasteiger partial charge in [-0.3, -0.25) is 0 Å². The second-order valence-corrected chi connectivity index (χ2v) is 4.86. The van der Waals surface area contributed by atoms with E-state index in [1.54, 1.807) is 13.2 Å². The number of hydrogen-bond donors (Lipinski definition) is 2. The summed E-state index contributed by atoms with van der Waals surface area (Å²) < 4.78 is 6.37. The molecular weight excluding hydrogens is 258 g/mol. The van der Waals surface area contributed by atoms with Crippen molar-refractivity contribution in [3.05, 3.63) is 28.2 Å². The molecule has 1 saturated heterocycles. The average Bonchev–Trinajstić information content (AvgIpc) is 2.14. The molecule has 0 aromatic heterocycles. The molecule has 0 saturated carbocycles. The van der Waals surface area contributed by atoms with E-state index in [1.165, 1.54) is 0 Å². The van der Waals surface area contributed by atoms with Gasteiger partial charge in [-0.15, -0.1) is 0 Å². The van der Waals surface area contributed by atoms with Gasteiger partial charge in [0.2, 0.25) is 0 Å². The van der Waals surface area contributed by atoms with Crippen LogP contribution in [0.2, 0.25) is 0 Å². The number of phenols is 1. The van der Waals surface area contributed by atoms with Crippen molar-refractivity contribution in [2.75, 3.05) is 20.2 Å². The molecule has 0 spiro atoms. The molecule has 15 heavy (non-hydrogen) atoms. The fraction of sp³-hybridized carbons (Fsp3) is 0.455. The molecule has 0 unspecified atom stereocenters. The van der Waals surface area contributed by atoms with Crippen molar-refractivity contribution >= 4 is 15.9 Å². The number of phenolic OH excluding ortho intramolecular Hbond substituents is 1. The van der Waals surface area contributed by atoms with Crippen LogP contribution in [0.3, 0.4) is 0 Å². The maximum absolute atomic E-state index is 9.76. The zero-order chi connectivity index (χ0) is 10.9. The van der Waals surface area contributed by atoms with Gasteiger partial charge in [0.05, 0.1) is 5.60 Å². The monoisotopic (exact) mass is 271 g/mol.